The molecule has 0 spiro atoms. The third-order valence-electron chi connectivity index (χ3n) is 3.82. The van der Waals surface area contributed by atoms with Crippen LogP contribution in [-0.4, -0.2) is 63.4 Å². The van der Waals surface area contributed by atoms with E-state index in [0.29, 0.717) is 31.1 Å². The SMILES string of the molecule is CC(=O)N1CCN(CCNS(=O)(=O)c2cc(C)sc2C)CC1. The quantitative estimate of drug-likeness (QED) is 0.857. The minimum atomic E-state index is -3.43. The number of thiophene rings is 1. The normalized spacial score (nSPS) is 17.0. The number of piperazine rings is 1. The Morgan fingerprint density at radius 2 is 1.91 bits per heavy atom. The molecule has 0 aliphatic carbocycles. The van der Waals surface area contributed by atoms with E-state index in [1.807, 2.05) is 18.7 Å². The molecule has 0 bridgehead atoms. The van der Waals surface area contributed by atoms with Crippen molar-refractivity contribution in [3.8, 4) is 0 Å². The molecule has 1 fully saturated rings. The number of hydrogen-bond donors (Lipinski definition) is 1. The van der Waals surface area contributed by atoms with Gasteiger partial charge in [-0.05, 0) is 19.9 Å². The Hall–Kier alpha value is -0.960. The van der Waals surface area contributed by atoms with Gasteiger partial charge in [-0.25, -0.2) is 13.1 Å². The molecule has 2 rings (SSSR count). The molecule has 1 amide bonds. The second-order valence-corrected chi connectivity index (χ2v) is 8.72. The maximum absolute atomic E-state index is 12.3. The number of carbonyl (C=O) groups excluding carboxylic acids is 1. The zero-order valence-corrected chi connectivity index (χ0v) is 14.9. The fraction of sp³-hybridized carbons (Fsp3) is 0.643. The van der Waals surface area contributed by atoms with Crippen LogP contribution in [-0.2, 0) is 14.8 Å². The average molecular weight is 345 g/mol. The molecule has 0 atom stereocenters. The van der Waals surface area contributed by atoms with E-state index in [4.69, 9.17) is 0 Å². The number of sulfonamides is 1. The lowest BCUT2D eigenvalue weighted by Crippen LogP contribution is -2.49. The fourth-order valence-electron chi connectivity index (χ4n) is 2.58. The highest BCUT2D eigenvalue weighted by molar-refractivity contribution is 7.89. The first-order chi connectivity index (χ1) is 10.3. The highest BCUT2D eigenvalue weighted by Gasteiger charge is 2.21. The van der Waals surface area contributed by atoms with Gasteiger partial charge < -0.3 is 4.90 Å². The zero-order valence-electron chi connectivity index (χ0n) is 13.3. The number of rotatable bonds is 5. The summed E-state index contributed by atoms with van der Waals surface area (Å²) >= 11 is 1.49. The van der Waals surface area contributed by atoms with Gasteiger partial charge in [0.25, 0.3) is 0 Å². The Labute approximate surface area is 136 Å². The summed E-state index contributed by atoms with van der Waals surface area (Å²) in [6.07, 6.45) is 0. The minimum absolute atomic E-state index is 0.101. The van der Waals surface area contributed by atoms with Crippen molar-refractivity contribution in [2.24, 2.45) is 0 Å². The van der Waals surface area contributed by atoms with Crippen LogP contribution in [0.4, 0.5) is 0 Å². The molecular weight excluding hydrogens is 322 g/mol. The fourth-order valence-corrected chi connectivity index (χ4v) is 5.15. The number of nitrogens with one attached hydrogen (secondary N) is 1. The van der Waals surface area contributed by atoms with E-state index in [-0.39, 0.29) is 5.91 Å². The summed E-state index contributed by atoms with van der Waals surface area (Å²) in [5.41, 5.74) is 0. The lowest BCUT2D eigenvalue weighted by molar-refractivity contribution is -0.130. The molecule has 1 aromatic rings. The minimum Gasteiger partial charge on any atom is -0.340 e. The Morgan fingerprint density at radius 1 is 1.27 bits per heavy atom. The smallest absolute Gasteiger partial charge is 0.241 e. The van der Waals surface area contributed by atoms with Gasteiger partial charge in [0.1, 0.15) is 0 Å². The van der Waals surface area contributed by atoms with Crippen molar-refractivity contribution in [3.05, 3.63) is 15.8 Å². The van der Waals surface area contributed by atoms with Crippen molar-refractivity contribution in [2.75, 3.05) is 39.3 Å². The summed E-state index contributed by atoms with van der Waals surface area (Å²) in [5, 5.41) is 0. The third kappa shape index (κ3) is 4.28. The predicted octanol–water partition coefficient (Wildman–Crippen LogP) is 0.807. The van der Waals surface area contributed by atoms with Crippen LogP contribution >= 0.6 is 11.3 Å². The standard InChI is InChI=1S/C14H23N3O3S2/c1-11-10-14(12(2)21-11)22(19,20)15-4-5-16-6-8-17(9-7-16)13(3)18/h10,15H,4-9H2,1-3H3. The number of nitrogens with zero attached hydrogens (tertiary/aromatic N) is 2. The average Bonchev–Trinajstić information content (AvgIpc) is 2.79. The van der Waals surface area contributed by atoms with E-state index >= 15 is 0 Å². The maximum atomic E-state index is 12.3. The van der Waals surface area contributed by atoms with Crippen molar-refractivity contribution in [1.29, 1.82) is 0 Å². The second kappa shape index (κ2) is 7.08. The van der Waals surface area contributed by atoms with Crippen molar-refractivity contribution in [2.45, 2.75) is 25.7 Å². The van der Waals surface area contributed by atoms with E-state index in [1.54, 1.807) is 13.0 Å². The van der Waals surface area contributed by atoms with Crippen LogP contribution in [0.2, 0.25) is 0 Å². The lowest BCUT2D eigenvalue weighted by Gasteiger charge is -2.34. The maximum Gasteiger partial charge on any atom is 0.241 e. The Bertz CT molecular complexity index is 632. The summed E-state index contributed by atoms with van der Waals surface area (Å²) in [5.74, 6) is 0.101. The predicted molar refractivity (Wildman–Crippen MR) is 87.7 cm³/mol. The first-order valence-corrected chi connectivity index (χ1v) is 9.64. The Balaban J connectivity index is 1.82. The summed E-state index contributed by atoms with van der Waals surface area (Å²) < 4.78 is 27.2. The lowest BCUT2D eigenvalue weighted by atomic mass is 10.3. The van der Waals surface area contributed by atoms with Gasteiger partial charge in [0, 0.05) is 55.9 Å². The number of carbonyl (C=O) groups is 1. The molecule has 1 aromatic heterocycles. The number of aryl methyl sites for hydroxylation is 2. The van der Waals surface area contributed by atoms with Gasteiger partial charge >= 0.3 is 0 Å². The molecule has 0 aromatic carbocycles. The van der Waals surface area contributed by atoms with Gasteiger partial charge in [-0.1, -0.05) is 0 Å². The van der Waals surface area contributed by atoms with Crippen LogP contribution in [0.25, 0.3) is 0 Å². The second-order valence-electron chi connectivity index (χ2n) is 5.52. The van der Waals surface area contributed by atoms with Gasteiger partial charge in [-0.3, -0.25) is 9.69 Å². The summed E-state index contributed by atoms with van der Waals surface area (Å²) in [4.78, 5) is 17.5. The molecule has 1 aliphatic heterocycles. The molecule has 1 aliphatic rings. The molecule has 6 nitrogen and oxygen atoms in total. The van der Waals surface area contributed by atoms with Crippen molar-refractivity contribution in [1.82, 2.24) is 14.5 Å². The topological polar surface area (TPSA) is 69.7 Å². The number of amides is 1. The molecule has 0 unspecified atom stereocenters. The van der Waals surface area contributed by atoms with Crippen LogP contribution in [0.15, 0.2) is 11.0 Å². The molecule has 1 N–H and O–H groups in total. The Morgan fingerprint density at radius 3 is 2.41 bits per heavy atom. The van der Waals surface area contributed by atoms with Crippen molar-refractivity contribution in [3.63, 3.8) is 0 Å². The summed E-state index contributed by atoms with van der Waals surface area (Å²) in [6.45, 7) is 9.36. The van der Waals surface area contributed by atoms with Gasteiger partial charge in [0.15, 0.2) is 0 Å². The molecule has 2 heterocycles. The summed E-state index contributed by atoms with van der Waals surface area (Å²) in [6, 6.07) is 1.72. The van der Waals surface area contributed by atoms with E-state index in [0.717, 1.165) is 22.8 Å². The van der Waals surface area contributed by atoms with Gasteiger partial charge in [0.05, 0.1) is 4.90 Å². The van der Waals surface area contributed by atoms with Crippen LogP contribution in [0.5, 0.6) is 0 Å². The van der Waals surface area contributed by atoms with Gasteiger partial charge in [0.2, 0.25) is 15.9 Å². The van der Waals surface area contributed by atoms with E-state index < -0.39 is 10.0 Å². The van der Waals surface area contributed by atoms with Crippen LogP contribution in [0.3, 0.4) is 0 Å². The highest BCUT2D eigenvalue weighted by Crippen LogP contribution is 2.24. The Kier molecular flexibility index (Phi) is 5.60. The van der Waals surface area contributed by atoms with Crippen molar-refractivity contribution < 1.29 is 13.2 Å². The zero-order chi connectivity index (χ0) is 16.3. The van der Waals surface area contributed by atoms with Crippen LogP contribution in [0, 0.1) is 13.8 Å². The van der Waals surface area contributed by atoms with E-state index in [9.17, 15) is 13.2 Å². The molecule has 1 saturated heterocycles. The van der Waals surface area contributed by atoms with E-state index in [2.05, 4.69) is 9.62 Å². The molecular formula is C14H23N3O3S2. The molecule has 124 valence electrons. The first-order valence-electron chi connectivity index (χ1n) is 7.34. The summed E-state index contributed by atoms with van der Waals surface area (Å²) in [7, 11) is -3.43. The molecule has 0 saturated carbocycles. The number of hydrogen-bond acceptors (Lipinski definition) is 5. The molecule has 0 radical (unpaired) electrons. The third-order valence-corrected chi connectivity index (χ3v) is 6.51. The van der Waals surface area contributed by atoms with Gasteiger partial charge in [-0.15, -0.1) is 11.3 Å². The first kappa shape index (κ1) is 17.4. The van der Waals surface area contributed by atoms with E-state index in [1.165, 1.54) is 11.3 Å². The monoisotopic (exact) mass is 345 g/mol. The molecule has 22 heavy (non-hydrogen) atoms. The molecule has 8 heteroatoms. The van der Waals surface area contributed by atoms with Crippen LogP contribution in [0.1, 0.15) is 16.7 Å². The largest absolute Gasteiger partial charge is 0.340 e. The van der Waals surface area contributed by atoms with Crippen molar-refractivity contribution >= 4 is 27.3 Å². The highest BCUT2D eigenvalue weighted by atomic mass is 32.2. The van der Waals surface area contributed by atoms with Gasteiger partial charge in [-0.2, -0.15) is 0 Å². The van der Waals surface area contributed by atoms with Crippen LogP contribution < -0.4 is 4.72 Å².